The molecule has 1 aromatic heterocycles. The number of aromatic nitrogens is 2. The molecule has 1 unspecified atom stereocenters. The van der Waals surface area contributed by atoms with E-state index < -0.39 is 17.7 Å². The molecule has 2 aromatic carbocycles. The third-order valence-electron chi connectivity index (χ3n) is 5.66. The number of nitrogens with zero attached hydrogens (tertiary/aromatic N) is 2. The van der Waals surface area contributed by atoms with Crippen LogP contribution >= 0.6 is 0 Å². The van der Waals surface area contributed by atoms with Crippen molar-refractivity contribution in [3.05, 3.63) is 58.9 Å². The molecular formula is C25H27N3O5. The van der Waals surface area contributed by atoms with Crippen LogP contribution in [0.1, 0.15) is 37.4 Å². The predicted octanol–water partition coefficient (Wildman–Crippen LogP) is 4.40. The molecule has 172 valence electrons. The summed E-state index contributed by atoms with van der Waals surface area (Å²) in [5.74, 6) is -0.169. The SMILES string of the molecule is COc1cc2nc(N3C(=O)C(O)=C(C(=O)CC(C)C)C3c3cccc(C)c3)[nH]c2cc1OC. The summed E-state index contributed by atoms with van der Waals surface area (Å²) in [6.45, 7) is 5.78. The number of hydrogen-bond donors (Lipinski definition) is 2. The summed E-state index contributed by atoms with van der Waals surface area (Å²) < 4.78 is 10.7. The van der Waals surface area contributed by atoms with Crippen LogP contribution in [0.3, 0.4) is 0 Å². The van der Waals surface area contributed by atoms with Gasteiger partial charge in [0.25, 0.3) is 5.91 Å². The van der Waals surface area contributed by atoms with Crippen molar-refractivity contribution in [1.29, 1.82) is 0 Å². The number of benzene rings is 2. The average Bonchev–Trinajstić information content (AvgIpc) is 3.29. The molecule has 1 aliphatic heterocycles. The Balaban J connectivity index is 1.87. The first-order chi connectivity index (χ1) is 15.7. The number of aryl methyl sites for hydroxylation is 1. The number of aromatic amines is 1. The van der Waals surface area contributed by atoms with E-state index in [4.69, 9.17) is 9.47 Å². The number of aliphatic hydroxyl groups excluding tert-OH is 1. The number of fused-ring (bicyclic) bond motifs is 1. The van der Waals surface area contributed by atoms with Crippen molar-refractivity contribution in [3.8, 4) is 11.5 Å². The van der Waals surface area contributed by atoms with E-state index in [-0.39, 0.29) is 29.6 Å². The highest BCUT2D eigenvalue weighted by atomic mass is 16.5. The lowest BCUT2D eigenvalue weighted by atomic mass is 9.91. The van der Waals surface area contributed by atoms with Gasteiger partial charge in [-0.2, -0.15) is 0 Å². The molecule has 0 radical (unpaired) electrons. The van der Waals surface area contributed by atoms with E-state index in [0.29, 0.717) is 22.5 Å². The number of amides is 1. The van der Waals surface area contributed by atoms with Crippen LogP contribution in [0, 0.1) is 12.8 Å². The first-order valence-electron chi connectivity index (χ1n) is 10.7. The summed E-state index contributed by atoms with van der Waals surface area (Å²) >= 11 is 0. The number of anilines is 1. The monoisotopic (exact) mass is 449 g/mol. The van der Waals surface area contributed by atoms with E-state index in [1.54, 1.807) is 12.1 Å². The Kier molecular flexibility index (Phi) is 5.84. The maximum atomic E-state index is 13.3. The smallest absolute Gasteiger partial charge is 0.296 e. The van der Waals surface area contributed by atoms with Crippen LogP contribution in [0.15, 0.2) is 47.7 Å². The van der Waals surface area contributed by atoms with Crippen LogP contribution in [0.2, 0.25) is 0 Å². The van der Waals surface area contributed by atoms with Gasteiger partial charge in [0.1, 0.15) is 0 Å². The van der Waals surface area contributed by atoms with Gasteiger partial charge in [0, 0.05) is 18.6 Å². The molecule has 0 aliphatic carbocycles. The van der Waals surface area contributed by atoms with Gasteiger partial charge in [-0.15, -0.1) is 0 Å². The fourth-order valence-corrected chi connectivity index (χ4v) is 4.18. The minimum atomic E-state index is -0.798. The molecule has 2 N–H and O–H groups in total. The highest BCUT2D eigenvalue weighted by molar-refractivity contribution is 6.16. The zero-order valence-electron chi connectivity index (χ0n) is 19.3. The molecule has 3 aromatic rings. The highest BCUT2D eigenvalue weighted by Gasteiger charge is 2.45. The molecule has 1 aliphatic rings. The molecule has 8 heteroatoms. The van der Waals surface area contributed by atoms with Crippen LogP contribution in [-0.2, 0) is 9.59 Å². The molecule has 1 amide bonds. The van der Waals surface area contributed by atoms with E-state index in [1.165, 1.54) is 19.1 Å². The van der Waals surface area contributed by atoms with E-state index in [9.17, 15) is 14.7 Å². The number of Topliss-reactive ketones (excluding diaryl/α,β-unsaturated/α-hetero) is 1. The number of rotatable bonds is 7. The molecule has 1 atom stereocenters. The zero-order valence-corrected chi connectivity index (χ0v) is 19.3. The Bertz CT molecular complexity index is 1230. The zero-order chi connectivity index (χ0) is 23.9. The number of ether oxygens (including phenoxy) is 2. The molecule has 33 heavy (non-hydrogen) atoms. The first kappa shape index (κ1) is 22.4. The molecule has 2 heterocycles. The first-order valence-corrected chi connectivity index (χ1v) is 10.7. The average molecular weight is 450 g/mol. The molecule has 4 rings (SSSR count). The Morgan fingerprint density at radius 2 is 1.88 bits per heavy atom. The van der Waals surface area contributed by atoms with Crippen molar-refractivity contribution in [3.63, 3.8) is 0 Å². The largest absolute Gasteiger partial charge is 0.503 e. The van der Waals surface area contributed by atoms with Crippen molar-refractivity contribution >= 4 is 28.7 Å². The van der Waals surface area contributed by atoms with Crippen molar-refractivity contribution in [2.75, 3.05) is 19.1 Å². The Labute approximate surface area is 191 Å². The third-order valence-corrected chi connectivity index (χ3v) is 5.66. The van der Waals surface area contributed by atoms with E-state index in [1.807, 2.05) is 45.0 Å². The molecule has 0 saturated carbocycles. The van der Waals surface area contributed by atoms with E-state index in [2.05, 4.69) is 9.97 Å². The topological polar surface area (TPSA) is 105 Å². The lowest BCUT2D eigenvalue weighted by molar-refractivity contribution is -0.118. The summed E-state index contributed by atoms with van der Waals surface area (Å²) in [4.78, 5) is 35.5. The van der Waals surface area contributed by atoms with Gasteiger partial charge in [0.2, 0.25) is 5.95 Å². The number of nitrogens with one attached hydrogen (secondary N) is 1. The second kappa shape index (κ2) is 8.61. The quantitative estimate of drug-likeness (QED) is 0.554. The number of ketones is 1. The van der Waals surface area contributed by atoms with Gasteiger partial charge in [-0.1, -0.05) is 43.7 Å². The number of imidazole rings is 1. The maximum absolute atomic E-state index is 13.3. The Morgan fingerprint density at radius 3 is 2.52 bits per heavy atom. The van der Waals surface area contributed by atoms with Gasteiger partial charge in [-0.3, -0.25) is 14.5 Å². The predicted molar refractivity (Wildman–Crippen MR) is 125 cm³/mol. The number of methoxy groups -OCH3 is 2. The normalized spacial score (nSPS) is 16.2. The lowest BCUT2D eigenvalue weighted by Crippen LogP contribution is -2.32. The van der Waals surface area contributed by atoms with Crippen LogP contribution in [0.5, 0.6) is 11.5 Å². The Hall–Kier alpha value is -3.81. The highest BCUT2D eigenvalue weighted by Crippen LogP contribution is 2.42. The summed E-state index contributed by atoms with van der Waals surface area (Å²) in [5.41, 5.74) is 2.96. The summed E-state index contributed by atoms with van der Waals surface area (Å²) in [7, 11) is 3.07. The molecule has 0 bridgehead atoms. The molecular weight excluding hydrogens is 422 g/mol. The van der Waals surface area contributed by atoms with Crippen LogP contribution < -0.4 is 14.4 Å². The van der Waals surface area contributed by atoms with E-state index >= 15 is 0 Å². The minimum Gasteiger partial charge on any atom is -0.503 e. The standard InChI is InChI=1S/C25H27N3O5/c1-13(2)9-18(29)21-22(15-8-6-7-14(3)10-15)28(24(31)23(21)30)25-26-16-11-19(32-4)20(33-5)12-17(16)27-25/h6-8,10-13,22,30H,9H2,1-5H3,(H,26,27). The minimum absolute atomic E-state index is 0.0752. The lowest BCUT2D eigenvalue weighted by Gasteiger charge is -2.25. The van der Waals surface area contributed by atoms with Crippen molar-refractivity contribution in [1.82, 2.24) is 9.97 Å². The number of aliphatic hydroxyl groups is 1. The van der Waals surface area contributed by atoms with Gasteiger partial charge >= 0.3 is 0 Å². The van der Waals surface area contributed by atoms with E-state index in [0.717, 1.165) is 11.1 Å². The van der Waals surface area contributed by atoms with Gasteiger partial charge in [0.15, 0.2) is 23.0 Å². The van der Waals surface area contributed by atoms with Crippen LogP contribution in [0.25, 0.3) is 11.0 Å². The molecule has 8 nitrogen and oxygen atoms in total. The number of hydrogen-bond acceptors (Lipinski definition) is 6. The second-order valence-electron chi connectivity index (χ2n) is 8.56. The Morgan fingerprint density at radius 1 is 1.18 bits per heavy atom. The van der Waals surface area contributed by atoms with Gasteiger partial charge < -0.3 is 19.6 Å². The summed E-state index contributed by atoms with van der Waals surface area (Å²) in [6.07, 6.45) is 0.220. The van der Waals surface area contributed by atoms with Gasteiger partial charge in [0.05, 0.1) is 36.9 Å². The van der Waals surface area contributed by atoms with Crippen LogP contribution in [0.4, 0.5) is 5.95 Å². The maximum Gasteiger partial charge on any atom is 0.296 e. The van der Waals surface area contributed by atoms with Gasteiger partial charge in [-0.05, 0) is 18.4 Å². The molecule has 0 spiro atoms. The molecule has 0 saturated heterocycles. The fraction of sp³-hybridized carbons (Fsp3) is 0.320. The van der Waals surface area contributed by atoms with Gasteiger partial charge in [-0.25, -0.2) is 4.98 Å². The number of H-pyrrole nitrogens is 1. The number of carbonyl (C=O) groups is 2. The summed E-state index contributed by atoms with van der Waals surface area (Å²) in [6, 6.07) is 10.2. The van der Waals surface area contributed by atoms with Crippen molar-refractivity contribution < 1.29 is 24.2 Å². The van der Waals surface area contributed by atoms with Crippen LogP contribution in [-0.4, -0.2) is 41.0 Å². The van der Waals surface area contributed by atoms with Crippen molar-refractivity contribution in [2.45, 2.75) is 33.2 Å². The fourth-order valence-electron chi connectivity index (χ4n) is 4.18. The second-order valence-corrected chi connectivity index (χ2v) is 8.56. The third kappa shape index (κ3) is 3.92. The molecule has 0 fully saturated rings. The summed E-state index contributed by atoms with van der Waals surface area (Å²) in [5, 5.41) is 10.8. The number of carbonyl (C=O) groups excluding carboxylic acids is 2. The van der Waals surface area contributed by atoms with Crippen molar-refractivity contribution in [2.24, 2.45) is 5.92 Å².